The summed E-state index contributed by atoms with van der Waals surface area (Å²) in [6.07, 6.45) is 0.744. The van der Waals surface area contributed by atoms with Crippen LogP contribution in [0, 0.1) is 6.92 Å². The summed E-state index contributed by atoms with van der Waals surface area (Å²) in [5, 5.41) is 0. The van der Waals surface area contributed by atoms with E-state index in [2.05, 4.69) is 25.1 Å². The fourth-order valence-corrected chi connectivity index (χ4v) is 2.25. The lowest BCUT2D eigenvalue weighted by Gasteiger charge is -2.32. The molecule has 1 heterocycles. The summed E-state index contributed by atoms with van der Waals surface area (Å²) in [4.78, 5) is 13.3. The summed E-state index contributed by atoms with van der Waals surface area (Å²) >= 11 is 0. The van der Waals surface area contributed by atoms with Crippen molar-refractivity contribution in [2.75, 3.05) is 7.05 Å². The van der Waals surface area contributed by atoms with Crippen LogP contribution in [-0.4, -0.2) is 23.9 Å². The molecule has 0 spiro atoms. The van der Waals surface area contributed by atoms with Crippen LogP contribution in [0.1, 0.15) is 16.7 Å². The molecule has 1 atom stereocenters. The van der Waals surface area contributed by atoms with Crippen molar-refractivity contribution in [3.8, 4) is 0 Å². The van der Waals surface area contributed by atoms with E-state index in [0.717, 1.165) is 13.0 Å². The molecule has 3 heteroatoms. The molecule has 2 N–H and O–H groups in total. The third kappa shape index (κ3) is 1.75. The number of amides is 1. The number of likely N-dealkylation sites (N-methyl/N-ethyl adjacent to an activating group) is 1. The third-order valence-electron chi connectivity index (χ3n) is 3.18. The molecule has 0 radical (unpaired) electrons. The molecular weight excluding hydrogens is 188 g/mol. The number of carbonyl (C=O) groups is 1. The van der Waals surface area contributed by atoms with Crippen LogP contribution >= 0.6 is 0 Å². The molecule has 3 nitrogen and oxygen atoms in total. The van der Waals surface area contributed by atoms with Crippen molar-refractivity contribution >= 4 is 5.91 Å². The lowest BCUT2D eigenvalue weighted by Crippen LogP contribution is -2.46. The van der Waals surface area contributed by atoms with Gasteiger partial charge in [-0.2, -0.15) is 0 Å². The Bertz CT molecular complexity index is 401. The Morgan fingerprint density at radius 1 is 1.53 bits per heavy atom. The number of primary amides is 1. The van der Waals surface area contributed by atoms with E-state index in [-0.39, 0.29) is 11.9 Å². The van der Waals surface area contributed by atoms with E-state index in [1.54, 1.807) is 0 Å². The number of hydrogen-bond donors (Lipinski definition) is 1. The average molecular weight is 204 g/mol. The maximum atomic E-state index is 11.3. The van der Waals surface area contributed by atoms with Crippen molar-refractivity contribution in [3.63, 3.8) is 0 Å². The monoisotopic (exact) mass is 204 g/mol. The summed E-state index contributed by atoms with van der Waals surface area (Å²) in [7, 11) is 1.95. The Morgan fingerprint density at radius 2 is 2.27 bits per heavy atom. The number of nitrogens with two attached hydrogens (primary N) is 1. The molecule has 0 saturated carbocycles. The molecule has 0 bridgehead atoms. The molecule has 0 fully saturated rings. The number of hydrogen-bond acceptors (Lipinski definition) is 2. The predicted molar refractivity (Wildman–Crippen MR) is 59.3 cm³/mol. The normalized spacial score (nSPS) is 21.1. The molecule has 1 aromatic carbocycles. The van der Waals surface area contributed by atoms with E-state index >= 15 is 0 Å². The first kappa shape index (κ1) is 10.2. The van der Waals surface area contributed by atoms with E-state index < -0.39 is 0 Å². The molecule has 1 unspecified atom stereocenters. The van der Waals surface area contributed by atoms with Crippen LogP contribution in [0.15, 0.2) is 18.2 Å². The highest BCUT2D eigenvalue weighted by atomic mass is 16.1. The van der Waals surface area contributed by atoms with Gasteiger partial charge in [-0.05, 0) is 37.1 Å². The minimum Gasteiger partial charge on any atom is -0.368 e. The Labute approximate surface area is 89.9 Å². The molecule has 1 aliphatic rings. The largest absolute Gasteiger partial charge is 0.368 e. The van der Waals surface area contributed by atoms with Gasteiger partial charge in [0.05, 0.1) is 6.04 Å². The van der Waals surface area contributed by atoms with Gasteiger partial charge < -0.3 is 5.73 Å². The van der Waals surface area contributed by atoms with Crippen molar-refractivity contribution in [3.05, 3.63) is 34.9 Å². The van der Waals surface area contributed by atoms with Gasteiger partial charge in [0, 0.05) is 6.54 Å². The summed E-state index contributed by atoms with van der Waals surface area (Å²) in [6, 6.07) is 6.11. The SMILES string of the molecule is Cc1cccc2c1CC(C(N)=O)N(C)C2. The molecular formula is C12H16N2O. The molecule has 1 aromatic rings. The molecule has 80 valence electrons. The van der Waals surface area contributed by atoms with Gasteiger partial charge >= 0.3 is 0 Å². The van der Waals surface area contributed by atoms with Crippen LogP contribution in [0.5, 0.6) is 0 Å². The van der Waals surface area contributed by atoms with E-state index in [4.69, 9.17) is 5.73 Å². The van der Waals surface area contributed by atoms with Crippen LogP contribution in [0.3, 0.4) is 0 Å². The van der Waals surface area contributed by atoms with Gasteiger partial charge in [-0.15, -0.1) is 0 Å². The zero-order chi connectivity index (χ0) is 11.0. The molecule has 0 aliphatic carbocycles. The lowest BCUT2D eigenvalue weighted by molar-refractivity contribution is -0.123. The van der Waals surface area contributed by atoms with Gasteiger partial charge in [0.2, 0.25) is 5.91 Å². The minimum atomic E-state index is -0.230. The van der Waals surface area contributed by atoms with Gasteiger partial charge in [0.25, 0.3) is 0 Å². The van der Waals surface area contributed by atoms with Crippen LogP contribution in [0.25, 0.3) is 0 Å². The van der Waals surface area contributed by atoms with E-state index in [0.29, 0.717) is 0 Å². The topological polar surface area (TPSA) is 46.3 Å². The Kier molecular flexibility index (Phi) is 2.49. The summed E-state index contributed by atoms with van der Waals surface area (Å²) in [5.41, 5.74) is 9.25. The van der Waals surface area contributed by atoms with Gasteiger partial charge in [-0.1, -0.05) is 18.2 Å². The highest BCUT2D eigenvalue weighted by Gasteiger charge is 2.27. The first-order chi connectivity index (χ1) is 7.09. The number of benzene rings is 1. The van der Waals surface area contributed by atoms with Crippen LogP contribution in [0.2, 0.25) is 0 Å². The number of carbonyl (C=O) groups excluding carboxylic acids is 1. The second-order valence-corrected chi connectivity index (χ2v) is 4.25. The molecule has 1 amide bonds. The maximum Gasteiger partial charge on any atom is 0.235 e. The quantitative estimate of drug-likeness (QED) is 0.736. The van der Waals surface area contributed by atoms with Crippen molar-refractivity contribution in [1.82, 2.24) is 4.90 Å². The smallest absolute Gasteiger partial charge is 0.235 e. The Hall–Kier alpha value is -1.35. The van der Waals surface area contributed by atoms with Crippen molar-refractivity contribution < 1.29 is 4.79 Å². The van der Waals surface area contributed by atoms with Gasteiger partial charge in [0.1, 0.15) is 0 Å². The van der Waals surface area contributed by atoms with Crippen molar-refractivity contribution in [2.24, 2.45) is 5.73 Å². The molecule has 2 rings (SSSR count). The number of nitrogens with zero attached hydrogens (tertiary/aromatic N) is 1. The highest BCUT2D eigenvalue weighted by molar-refractivity contribution is 5.80. The van der Waals surface area contributed by atoms with E-state index in [1.165, 1.54) is 16.7 Å². The number of rotatable bonds is 1. The van der Waals surface area contributed by atoms with Crippen LogP contribution in [0.4, 0.5) is 0 Å². The average Bonchev–Trinajstić information content (AvgIpc) is 2.16. The predicted octanol–water partition coefficient (Wildman–Crippen LogP) is 0.837. The second kappa shape index (κ2) is 3.66. The van der Waals surface area contributed by atoms with E-state index in [1.807, 2.05) is 11.9 Å². The van der Waals surface area contributed by atoms with Gasteiger partial charge in [-0.25, -0.2) is 0 Å². The van der Waals surface area contributed by atoms with Gasteiger partial charge in [0.15, 0.2) is 0 Å². The second-order valence-electron chi connectivity index (χ2n) is 4.25. The lowest BCUT2D eigenvalue weighted by atomic mass is 9.91. The standard InChI is InChI=1S/C12H16N2O/c1-8-4-3-5-9-7-14(2)11(12(13)15)6-10(8)9/h3-5,11H,6-7H2,1-2H3,(H2,13,15). The molecule has 0 aromatic heterocycles. The fraction of sp³-hybridized carbons (Fsp3) is 0.417. The zero-order valence-electron chi connectivity index (χ0n) is 9.16. The van der Waals surface area contributed by atoms with Crippen molar-refractivity contribution in [1.29, 1.82) is 0 Å². The molecule has 1 aliphatic heterocycles. The zero-order valence-corrected chi connectivity index (χ0v) is 9.16. The summed E-state index contributed by atoms with van der Waals surface area (Å²) < 4.78 is 0. The summed E-state index contributed by atoms with van der Waals surface area (Å²) in [5.74, 6) is -0.230. The number of aryl methyl sites for hydroxylation is 1. The number of fused-ring (bicyclic) bond motifs is 1. The van der Waals surface area contributed by atoms with Crippen LogP contribution < -0.4 is 5.73 Å². The Balaban J connectivity index is 2.39. The minimum absolute atomic E-state index is 0.154. The van der Waals surface area contributed by atoms with Crippen LogP contribution in [-0.2, 0) is 17.8 Å². The van der Waals surface area contributed by atoms with Crippen molar-refractivity contribution in [2.45, 2.75) is 25.9 Å². The maximum absolute atomic E-state index is 11.3. The Morgan fingerprint density at radius 3 is 2.93 bits per heavy atom. The summed E-state index contributed by atoms with van der Waals surface area (Å²) in [6.45, 7) is 2.90. The fourth-order valence-electron chi connectivity index (χ4n) is 2.25. The third-order valence-corrected chi connectivity index (χ3v) is 3.18. The van der Waals surface area contributed by atoms with E-state index in [9.17, 15) is 4.79 Å². The molecule has 0 saturated heterocycles. The highest BCUT2D eigenvalue weighted by Crippen LogP contribution is 2.24. The molecule has 15 heavy (non-hydrogen) atoms. The first-order valence-corrected chi connectivity index (χ1v) is 5.16. The van der Waals surface area contributed by atoms with Gasteiger partial charge in [-0.3, -0.25) is 9.69 Å². The first-order valence-electron chi connectivity index (χ1n) is 5.16.